The average molecular weight is 475 g/mol. The number of ether oxygens (including phenoxy) is 2. The highest BCUT2D eigenvalue weighted by Crippen LogP contribution is 2.30. The van der Waals surface area contributed by atoms with E-state index >= 15 is 0 Å². The van der Waals surface area contributed by atoms with Gasteiger partial charge in [0.2, 0.25) is 0 Å². The second kappa shape index (κ2) is 9.11. The highest BCUT2D eigenvalue weighted by atomic mass is 79.9. The molecule has 0 aliphatic carbocycles. The van der Waals surface area contributed by atoms with E-state index in [4.69, 9.17) is 21.1 Å². The summed E-state index contributed by atoms with van der Waals surface area (Å²) < 4.78 is 11.2. The van der Waals surface area contributed by atoms with E-state index in [1.54, 1.807) is 60.7 Å². The molecule has 0 aliphatic heterocycles. The summed E-state index contributed by atoms with van der Waals surface area (Å²) in [6, 6.07) is 16.9. The lowest BCUT2D eigenvalue weighted by atomic mass is 10.0. The summed E-state index contributed by atoms with van der Waals surface area (Å²) >= 11 is 9.55. The largest absolute Gasteiger partial charge is 0.496 e. The molecule has 3 rings (SSSR count). The number of rotatable bonds is 6. The van der Waals surface area contributed by atoms with Gasteiger partial charge in [0.05, 0.1) is 19.2 Å². The molecule has 0 bridgehead atoms. The van der Waals surface area contributed by atoms with Crippen LogP contribution < -0.4 is 14.8 Å². The summed E-state index contributed by atoms with van der Waals surface area (Å²) in [5, 5.41) is 3.15. The van der Waals surface area contributed by atoms with Gasteiger partial charge in [-0.1, -0.05) is 45.7 Å². The van der Waals surface area contributed by atoms with Crippen molar-refractivity contribution < 1.29 is 19.1 Å². The Kier molecular flexibility index (Phi) is 6.56. The van der Waals surface area contributed by atoms with E-state index in [9.17, 15) is 9.59 Å². The summed E-state index contributed by atoms with van der Waals surface area (Å²) in [5.74, 6) is 0.0869. The Labute approximate surface area is 181 Å². The summed E-state index contributed by atoms with van der Waals surface area (Å²) in [4.78, 5) is 25.8. The van der Waals surface area contributed by atoms with Gasteiger partial charge in [0.1, 0.15) is 17.1 Å². The van der Waals surface area contributed by atoms with Gasteiger partial charge in [-0.3, -0.25) is 9.59 Å². The van der Waals surface area contributed by atoms with Crippen molar-refractivity contribution in [1.82, 2.24) is 0 Å². The minimum absolute atomic E-state index is 0.256. The molecule has 0 aliphatic rings. The molecule has 148 valence electrons. The number of carbonyl (C=O) groups excluding carboxylic acids is 2. The van der Waals surface area contributed by atoms with Gasteiger partial charge < -0.3 is 14.8 Å². The molecular weight excluding hydrogens is 458 g/mol. The van der Waals surface area contributed by atoms with Crippen molar-refractivity contribution in [3.05, 3.63) is 86.8 Å². The maximum Gasteiger partial charge on any atom is 0.263 e. The Morgan fingerprint density at radius 2 is 1.55 bits per heavy atom. The highest BCUT2D eigenvalue weighted by Gasteiger charge is 2.20. The van der Waals surface area contributed by atoms with Gasteiger partial charge in [-0.25, -0.2) is 0 Å². The molecule has 0 saturated carbocycles. The number of methoxy groups -OCH3 is 2. The van der Waals surface area contributed by atoms with Crippen LogP contribution in [-0.2, 0) is 0 Å². The fraction of sp³-hybridized carbons (Fsp3) is 0.0909. The first-order valence-corrected chi connectivity index (χ1v) is 9.74. The smallest absolute Gasteiger partial charge is 0.263 e. The Bertz CT molecular complexity index is 1060. The number of anilines is 1. The fourth-order valence-corrected chi connectivity index (χ4v) is 3.48. The zero-order valence-corrected chi connectivity index (χ0v) is 18.0. The normalized spacial score (nSPS) is 10.3. The van der Waals surface area contributed by atoms with Crippen molar-refractivity contribution in [2.45, 2.75) is 0 Å². The molecule has 0 radical (unpaired) electrons. The van der Waals surface area contributed by atoms with Crippen LogP contribution in [0, 0.1) is 0 Å². The van der Waals surface area contributed by atoms with Gasteiger partial charge in [0.25, 0.3) is 5.91 Å². The van der Waals surface area contributed by atoms with Crippen molar-refractivity contribution in [2.24, 2.45) is 0 Å². The van der Waals surface area contributed by atoms with E-state index in [-0.39, 0.29) is 11.3 Å². The van der Waals surface area contributed by atoms with E-state index in [0.29, 0.717) is 37.8 Å². The second-order valence-electron chi connectivity index (χ2n) is 6.00. The Morgan fingerprint density at radius 3 is 2.17 bits per heavy atom. The van der Waals surface area contributed by atoms with Gasteiger partial charge in [0.15, 0.2) is 5.78 Å². The molecule has 0 atom stereocenters. The fourth-order valence-electron chi connectivity index (χ4n) is 2.84. The first-order chi connectivity index (χ1) is 14.0. The second-order valence-corrected chi connectivity index (χ2v) is 7.26. The summed E-state index contributed by atoms with van der Waals surface area (Å²) in [6.45, 7) is 0. The van der Waals surface area contributed by atoms with Gasteiger partial charge in [0, 0.05) is 21.3 Å². The number of benzene rings is 3. The predicted molar refractivity (Wildman–Crippen MR) is 117 cm³/mol. The van der Waals surface area contributed by atoms with Gasteiger partial charge in [-0.2, -0.15) is 0 Å². The van der Waals surface area contributed by atoms with Crippen molar-refractivity contribution in [1.29, 1.82) is 0 Å². The molecule has 3 aromatic rings. The number of hydrogen-bond acceptors (Lipinski definition) is 4. The van der Waals surface area contributed by atoms with Gasteiger partial charge >= 0.3 is 0 Å². The lowest BCUT2D eigenvalue weighted by Crippen LogP contribution is -2.15. The number of carbonyl (C=O) groups is 2. The molecule has 0 heterocycles. The number of nitrogens with one attached hydrogen (secondary N) is 1. The number of halogens is 2. The molecule has 1 N–H and O–H groups in total. The van der Waals surface area contributed by atoms with E-state index in [0.717, 1.165) is 0 Å². The average Bonchev–Trinajstić information content (AvgIpc) is 2.74. The topological polar surface area (TPSA) is 64.6 Å². The van der Waals surface area contributed by atoms with Crippen LogP contribution in [0.2, 0.25) is 5.02 Å². The zero-order valence-electron chi connectivity index (χ0n) is 15.7. The van der Waals surface area contributed by atoms with Crippen molar-refractivity contribution >= 4 is 44.9 Å². The molecule has 29 heavy (non-hydrogen) atoms. The molecule has 0 spiro atoms. The lowest BCUT2D eigenvalue weighted by Gasteiger charge is -2.14. The van der Waals surface area contributed by atoms with Crippen LogP contribution in [0.5, 0.6) is 11.5 Å². The van der Waals surface area contributed by atoms with Crippen LogP contribution in [0.1, 0.15) is 26.3 Å². The molecule has 7 heteroatoms. The summed E-state index contributed by atoms with van der Waals surface area (Å²) in [7, 11) is 2.96. The molecule has 3 aromatic carbocycles. The third kappa shape index (κ3) is 4.44. The maximum absolute atomic E-state index is 12.9. The Balaban J connectivity index is 1.94. The number of amides is 1. The highest BCUT2D eigenvalue weighted by molar-refractivity contribution is 9.10. The van der Waals surface area contributed by atoms with Crippen LogP contribution >= 0.6 is 27.5 Å². The molecule has 0 fully saturated rings. The summed E-state index contributed by atoms with van der Waals surface area (Å²) in [5.41, 5.74) is 1.47. The van der Waals surface area contributed by atoms with Gasteiger partial charge in [-0.15, -0.1) is 0 Å². The zero-order chi connectivity index (χ0) is 21.0. The molecule has 0 aromatic heterocycles. The monoisotopic (exact) mass is 473 g/mol. The number of hydrogen-bond donors (Lipinski definition) is 1. The summed E-state index contributed by atoms with van der Waals surface area (Å²) in [6.07, 6.45) is 0. The molecular formula is C22H17BrClNO4. The SMILES string of the molecule is COc1cccc(OC)c1C(=O)Nc1ccc(Br)c(C(=O)c2ccccc2Cl)c1. The molecule has 5 nitrogen and oxygen atoms in total. The van der Waals surface area contributed by atoms with E-state index in [1.807, 2.05) is 0 Å². The van der Waals surface area contributed by atoms with Crippen LogP contribution in [-0.4, -0.2) is 25.9 Å². The maximum atomic E-state index is 12.9. The van der Waals surface area contributed by atoms with Crippen LogP contribution in [0.3, 0.4) is 0 Å². The van der Waals surface area contributed by atoms with Crippen molar-refractivity contribution in [3.63, 3.8) is 0 Å². The minimum Gasteiger partial charge on any atom is -0.496 e. The van der Waals surface area contributed by atoms with Crippen LogP contribution in [0.25, 0.3) is 0 Å². The first kappa shape index (κ1) is 20.9. The standard InChI is InChI=1S/C22H17BrClNO4/c1-28-18-8-5-9-19(29-2)20(18)22(27)25-13-10-11-16(23)15(12-13)21(26)14-6-3-4-7-17(14)24/h3-12H,1-2H3,(H,25,27). The lowest BCUT2D eigenvalue weighted by molar-refractivity contribution is 0.101. The molecule has 1 amide bonds. The Hall–Kier alpha value is -2.83. The number of ketones is 1. The van der Waals surface area contributed by atoms with E-state index in [2.05, 4.69) is 21.2 Å². The third-order valence-corrected chi connectivity index (χ3v) is 5.26. The third-order valence-electron chi connectivity index (χ3n) is 4.24. The quantitative estimate of drug-likeness (QED) is 0.472. The van der Waals surface area contributed by atoms with Gasteiger partial charge in [-0.05, 0) is 42.5 Å². The van der Waals surface area contributed by atoms with Crippen molar-refractivity contribution in [3.8, 4) is 11.5 Å². The minimum atomic E-state index is -0.419. The van der Waals surface area contributed by atoms with Crippen molar-refractivity contribution in [2.75, 3.05) is 19.5 Å². The first-order valence-electron chi connectivity index (χ1n) is 8.57. The molecule has 0 unspecified atom stereocenters. The predicted octanol–water partition coefficient (Wildman–Crippen LogP) is 5.60. The van der Waals surface area contributed by atoms with Crippen LogP contribution in [0.15, 0.2) is 65.1 Å². The molecule has 0 saturated heterocycles. The van der Waals surface area contributed by atoms with E-state index in [1.165, 1.54) is 14.2 Å². The van der Waals surface area contributed by atoms with Crippen LogP contribution in [0.4, 0.5) is 5.69 Å². The Morgan fingerprint density at radius 1 is 0.897 bits per heavy atom. The van der Waals surface area contributed by atoms with E-state index < -0.39 is 5.91 Å².